The van der Waals surface area contributed by atoms with Crippen molar-refractivity contribution in [3.63, 3.8) is 0 Å². The van der Waals surface area contributed by atoms with Gasteiger partial charge < -0.3 is 9.13 Å². The second kappa shape index (κ2) is 11.2. The van der Waals surface area contributed by atoms with E-state index in [0.717, 1.165) is 60.9 Å². The molecular weight excluding hydrogens is 633 g/mol. The standard InChI is InChI=1S/C48H30N4/c1-3-15-31(16-4-1)47-35-21-9-12-24-39(35)49-48(50-47)38-29-32-17-7-8-18-33(32)30-44(38)52-41-26-14-11-23-37(41)46-43(52)28-27-42-45(46)36-22-10-13-25-40(36)51(42)34-19-5-2-6-20-34/h1-30H. The Hall–Kier alpha value is -7.04. The van der Waals surface area contributed by atoms with Crippen LogP contribution in [0.5, 0.6) is 0 Å². The summed E-state index contributed by atoms with van der Waals surface area (Å²) in [7, 11) is 0. The van der Waals surface area contributed by atoms with Gasteiger partial charge in [-0.3, -0.25) is 0 Å². The van der Waals surface area contributed by atoms with Gasteiger partial charge in [-0.15, -0.1) is 0 Å². The van der Waals surface area contributed by atoms with Gasteiger partial charge in [-0.1, -0.05) is 127 Å². The lowest BCUT2D eigenvalue weighted by Gasteiger charge is -2.16. The number of hydrogen-bond donors (Lipinski definition) is 0. The van der Waals surface area contributed by atoms with Gasteiger partial charge in [0, 0.05) is 43.7 Å². The minimum atomic E-state index is 0.700. The van der Waals surface area contributed by atoms with Crippen molar-refractivity contribution in [1.82, 2.24) is 19.1 Å². The van der Waals surface area contributed by atoms with E-state index < -0.39 is 0 Å². The van der Waals surface area contributed by atoms with Gasteiger partial charge in [0.1, 0.15) is 0 Å². The van der Waals surface area contributed by atoms with E-state index in [0.29, 0.717) is 5.82 Å². The fourth-order valence-corrected chi connectivity index (χ4v) is 8.24. The van der Waals surface area contributed by atoms with Crippen LogP contribution >= 0.6 is 0 Å². The molecule has 3 aromatic heterocycles. The molecule has 0 saturated carbocycles. The van der Waals surface area contributed by atoms with Gasteiger partial charge >= 0.3 is 0 Å². The number of aromatic nitrogens is 4. The summed E-state index contributed by atoms with van der Waals surface area (Å²) < 4.78 is 4.83. The van der Waals surface area contributed by atoms with Crippen molar-refractivity contribution in [1.29, 1.82) is 0 Å². The number of rotatable bonds is 4. The second-order valence-corrected chi connectivity index (χ2v) is 13.4. The minimum Gasteiger partial charge on any atom is -0.309 e. The van der Waals surface area contributed by atoms with Crippen molar-refractivity contribution in [2.24, 2.45) is 0 Å². The van der Waals surface area contributed by atoms with Crippen LogP contribution in [-0.4, -0.2) is 19.1 Å². The van der Waals surface area contributed by atoms with Gasteiger partial charge in [0.15, 0.2) is 5.82 Å². The molecule has 52 heavy (non-hydrogen) atoms. The Morgan fingerprint density at radius 3 is 1.63 bits per heavy atom. The van der Waals surface area contributed by atoms with Crippen molar-refractivity contribution in [2.75, 3.05) is 0 Å². The molecule has 242 valence electrons. The van der Waals surface area contributed by atoms with Crippen molar-refractivity contribution >= 4 is 65.3 Å². The van der Waals surface area contributed by atoms with Gasteiger partial charge in [0.05, 0.1) is 39.0 Å². The third-order valence-corrected chi connectivity index (χ3v) is 10.5. The number of para-hydroxylation sites is 4. The van der Waals surface area contributed by atoms with Gasteiger partial charge in [0.2, 0.25) is 0 Å². The molecule has 0 bridgehead atoms. The highest BCUT2D eigenvalue weighted by atomic mass is 15.0. The summed E-state index contributed by atoms with van der Waals surface area (Å²) in [6, 6.07) is 64.8. The van der Waals surface area contributed by atoms with E-state index >= 15 is 0 Å². The largest absolute Gasteiger partial charge is 0.309 e. The summed E-state index contributed by atoms with van der Waals surface area (Å²) in [4.78, 5) is 10.6. The van der Waals surface area contributed by atoms with Crippen LogP contribution < -0.4 is 0 Å². The highest BCUT2D eigenvalue weighted by molar-refractivity contribution is 6.29. The molecule has 11 rings (SSSR count). The molecule has 0 aliphatic carbocycles. The lowest BCUT2D eigenvalue weighted by Crippen LogP contribution is -2.02. The molecule has 11 aromatic rings. The van der Waals surface area contributed by atoms with Crippen LogP contribution in [0.1, 0.15) is 0 Å². The molecule has 0 aliphatic rings. The van der Waals surface area contributed by atoms with Crippen LogP contribution in [0, 0.1) is 0 Å². The summed E-state index contributed by atoms with van der Waals surface area (Å²) in [5.74, 6) is 0.700. The first-order valence-electron chi connectivity index (χ1n) is 17.7. The smallest absolute Gasteiger partial charge is 0.162 e. The van der Waals surface area contributed by atoms with E-state index in [2.05, 4.69) is 185 Å². The highest BCUT2D eigenvalue weighted by Gasteiger charge is 2.23. The lowest BCUT2D eigenvalue weighted by atomic mass is 10.0. The first-order valence-corrected chi connectivity index (χ1v) is 17.7. The fourth-order valence-electron chi connectivity index (χ4n) is 8.24. The average molecular weight is 663 g/mol. The maximum Gasteiger partial charge on any atom is 0.162 e. The molecule has 4 heteroatoms. The Bertz CT molecular complexity index is 3170. The van der Waals surface area contributed by atoms with Crippen molar-refractivity contribution in [3.8, 4) is 34.0 Å². The molecular formula is C48H30N4. The highest BCUT2D eigenvalue weighted by Crippen LogP contribution is 2.44. The van der Waals surface area contributed by atoms with E-state index in [9.17, 15) is 0 Å². The summed E-state index contributed by atoms with van der Waals surface area (Å²) in [5, 5.41) is 8.28. The average Bonchev–Trinajstić information content (AvgIpc) is 3.73. The van der Waals surface area contributed by atoms with Gasteiger partial charge in [0.25, 0.3) is 0 Å². The van der Waals surface area contributed by atoms with E-state index in [4.69, 9.17) is 9.97 Å². The monoisotopic (exact) mass is 662 g/mol. The molecule has 0 radical (unpaired) electrons. The number of hydrogen-bond acceptors (Lipinski definition) is 2. The van der Waals surface area contributed by atoms with E-state index in [-0.39, 0.29) is 0 Å². The summed E-state index contributed by atoms with van der Waals surface area (Å²) in [6.45, 7) is 0. The summed E-state index contributed by atoms with van der Waals surface area (Å²) in [5.41, 5.74) is 10.8. The Morgan fingerprint density at radius 2 is 0.923 bits per heavy atom. The SMILES string of the molecule is c1ccc(-c2nc(-c3cc4ccccc4cc3-n3c4ccccc4c4c5c6ccccc6n(-c6ccccc6)c5ccc43)nc3ccccc23)cc1. The predicted molar refractivity (Wildman–Crippen MR) is 217 cm³/mol. The van der Waals surface area contributed by atoms with Crippen LogP contribution in [-0.2, 0) is 0 Å². The van der Waals surface area contributed by atoms with Gasteiger partial charge in [-0.25, -0.2) is 9.97 Å². The Balaban J connectivity index is 1.28. The molecule has 0 fully saturated rings. The third kappa shape index (κ3) is 4.21. The molecule has 0 unspecified atom stereocenters. The zero-order valence-corrected chi connectivity index (χ0v) is 28.1. The zero-order valence-electron chi connectivity index (χ0n) is 28.1. The van der Waals surface area contributed by atoms with Gasteiger partial charge in [-0.05, 0) is 65.4 Å². The first kappa shape index (κ1) is 28.8. The number of fused-ring (bicyclic) bond motifs is 9. The molecule has 4 nitrogen and oxygen atoms in total. The van der Waals surface area contributed by atoms with Crippen LogP contribution in [0.3, 0.4) is 0 Å². The molecule has 8 aromatic carbocycles. The Morgan fingerprint density at radius 1 is 0.385 bits per heavy atom. The lowest BCUT2D eigenvalue weighted by molar-refractivity contribution is 1.16. The molecule has 0 amide bonds. The third-order valence-electron chi connectivity index (χ3n) is 10.5. The molecule has 0 N–H and O–H groups in total. The maximum atomic E-state index is 5.38. The molecule has 0 aliphatic heterocycles. The van der Waals surface area contributed by atoms with Crippen LogP contribution in [0.25, 0.3) is 99.3 Å². The van der Waals surface area contributed by atoms with Crippen molar-refractivity contribution in [2.45, 2.75) is 0 Å². The Kier molecular flexibility index (Phi) is 6.22. The summed E-state index contributed by atoms with van der Waals surface area (Å²) in [6.07, 6.45) is 0. The molecule has 3 heterocycles. The topological polar surface area (TPSA) is 35.6 Å². The van der Waals surface area contributed by atoms with E-state index in [1.807, 2.05) is 6.07 Å². The zero-order chi connectivity index (χ0) is 34.2. The summed E-state index contributed by atoms with van der Waals surface area (Å²) >= 11 is 0. The predicted octanol–water partition coefficient (Wildman–Crippen LogP) is 12.3. The quantitative estimate of drug-likeness (QED) is 0.188. The van der Waals surface area contributed by atoms with E-state index in [1.54, 1.807) is 0 Å². The van der Waals surface area contributed by atoms with Crippen molar-refractivity contribution in [3.05, 3.63) is 182 Å². The normalized spacial score (nSPS) is 11.8. The van der Waals surface area contributed by atoms with Crippen LogP contribution in [0.2, 0.25) is 0 Å². The minimum absolute atomic E-state index is 0.700. The van der Waals surface area contributed by atoms with Gasteiger partial charge in [-0.2, -0.15) is 0 Å². The maximum absolute atomic E-state index is 5.38. The second-order valence-electron chi connectivity index (χ2n) is 13.4. The molecule has 0 saturated heterocycles. The van der Waals surface area contributed by atoms with Crippen molar-refractivity contribution < 1.29 is 0 Å². The van der Waals surface area contributed by atoms with E-state index in [1.165, 1.54) is 32.6 Å². The fraction of sp³-hybridized carbons (Fsp3) is 0. The molecule has 0 atom stereocenters. The van der Waals surface area contributed by atoms with Crippen LogP contribution in [0.15, 0.2) is 182 Å². The molecule has 0 spiro atoms. The number of benzene rings is 8. The first-order chi connectivity index (χ1) is 25.8. The Labute approximate surface area is 299 Å². The number of nitrogens with zero attached hydrogens (tertiary/aromatic N) is 4. The van der Waals surface area contributed by atoms with Crippen LogP contribution in [0.4, 0.5) is 0 Å².